The second-order valence-electron chi connectivity index (χ2n) is 5.96. The predicted octanol–water partition coefficient (Wildman–Crippen LogP) is 5.56. The van der Waals surface area contributed by atoms with Crippen LogP contribution in [-0.2, 0) is 9.53 Å². The van der Waals surface area contributed by atoms with E-state index in [4.69, 9.17) is 4.74 Å². The van der Waals surface area contributed by atoms with E-state index in [1.807, 2.05) is 0 Å². The molecule has 20 heavy (non-hydrogen) atoms. The third-order valence-electron chi connectivity index (χ3n) is 4.00. The predicted molar refractivity (Wildman–Crippen MR) is 84.7 cm³/mol. The lowest BCUT2D eigenvalue weighted by molar-refractivity contribution is -0.149. The average molecular weight is 280 g/mol. The first-order valence-electron chi connectivity index (χ1n) is 8.67. The normalized spacial score (nSPS) is 23.1. The van der Waals surface area contributed by atoms with Crippen molar-refractivity contribution in [2.24, 2.45) is 0 Å². The van der Waals surface area contributed by atoms with Crippen molar-refractivity contribution in [3.63, 3.8) is 0 Å². The summed E-state index contributed by atoms with van der Waals surface area (Å²) >= 11 is 0. The number of ether oxygens (including phenoxy) is 1. The number of cyclic esters (lactones) is 1. The lowest BCUT2D eigenvalue weighted by Gasteiger charge is -2.17. The Morgan fingerprint density at radius 3 is 2.65 bits per heavy atom. The Kier molecular flexibility index (Phi) is 10.3. The van der Waals surface area contributed by atoms with Gasteiger partial charge < -0.3 is 4.74 Å². The Bertz CT molecular complexity index is 271. The molecule has 0 unspecified atom stereocenters. The fourth-order valence-electron chi connectivity index (χ4n) is 2.71. The van der Waals surface area contributed by atoms with Crippen molar-refractivity contribution in [2.45, 2.75) is 96.5 Å². The number of unbranched alkanes of at least 4 members (excludes halogenated alkanes) is 2. The molecule has 1 heterocycles. The largest absolute Gasteiger partial charge is 0.462 e. The van der Waals surface area contributed by atoms with Crippen LogP contribution >= 0.6 is 0 Å². The van der Waals surface area contributed by atoms with Crippen LogP contribution in [-0.4, -0.2) is 12.1 Å². The highest BCUT2D eigenvalue weighted by molar-refractivity contribution is 5.69. The first-order chi connectivity index (χ1) is 9.83. The van der Waals surface area contributed by atoms with Crippen molar-refractivity contribution in [3.8, 4) is 0 Å². The highest BCUT2D eigenvalue weighted by Gasteiger charge is 2.13. The van der Waals surface area contributed by atoms with Crippen LogP contribution in [0, 0.1) is 0 Å². The van der Waals surface area contributed by atoms with E-state index in [2.05, 4.69) is 19.1 Å². The molecule has 0 amide bonds. The molecule has 2 heteroatoms. The molecule has 0 saturated carbocycles. The van der Waals surface area contributed by atoms with Gasteiger partial charge in [0.1, 0.15) is 6.10 Å². The number of carbonyl (C=O) groups is 1. The minimum Gasteiger partial charge on any atom is -0.462 e. The van der Waals surface area contributed by atoms with E-state index in [9.17, 15) is 4.79 Å². The van der Waals surface area contributed by atoms with Crippen LogP contribution in [0.1, 0.15) is 90.4 Å². The Morgan fingerprint density at radius 1 is 1.05 bits per heavy atom. The second kappa shape index (κ2) is 12.0. The quantitative estimate of drug-likeness (QED) is 0.383. The van der Waals surface area contributed by atoms with Crippen LogP contribution in [0.3, 0.4) is 0 Å². The maximum absolute atomic E-state index is 11.9. The van der Waals surface area contributed by atoms with Gasteiger partial charge >= 0.3 is 5.97 Å². The average Bonchev–Trinajstić information content (AvgIpc) is 2.44. The van der Waals surface area contributed by atoms with E-state index >= 15 is 0 Å². The highest BCUT2D eigenvalue weighted by atomic mass is 16.5. The standard InChI is InChI=1S/C18H32O2/c1-2-3-11-14-17-15-12-9-7-5-4-6-8-10-13-16-18(19)20-17/h7,9,17H,2-6,8,10-16H2,1H3/t17-/m0/s1. The maximum Gasteiger partial charge on any atom is 0.306 e. The number of rotatable bonds is 4. The third kappa shape index (κ3) is 9.17. The number of hydrogen-bond donors (Lipinski definition) is 0. The van der Waals surface area contributed by atoms with Crippen molar-refractivity contribution < 1.29 is 9.53 Å². The van der Waals surface area contributed by atoms with Crippen molar-refractivity contribution in [3.05, 3.63) is 12.2 Å². The lowest BCUT2D eigenvalue weighted by Crippen LogP contribution is -2.18. The Hall–Kier alpha value is -0.790. The molecule has 0 aromatic rings. The number of carbonyl (C=O) groups excluding carboxylic acids is 1. The van der Waals surface area contributed by atoms with Crippen LogP contribution in [0.25, 0.3) is 0 Å². The van der Waals surface area contributed by atoms with Gasteiger partial charge in [-0.1, -0.05) is 51.2 Å². The van der Waals surface area contributed by atoms with E-state index in [0.29, 0.717) is 6.42 Å². The van der Waals surface area contributed by atoms with Crippen LogP contribution < -0.4 is 0 Å². The van der Waals surface area contributed by atoms with E-state index in [1.165, 1.54) is 51.4 Å². The van der Waals surface area contributed by atoms with Crippen LogP contribution in [0.5, 0.6) is 0 Å². The van der Waals surface area contributed by atoms with Gasteiger partial charge in [0, 0.05) is 6.42 Å². The molecule has 0 aliphatic carbocycles. The highest BCUT2D eigenvalue weighted by Crippen LogP contribution is 2.16. The molecule has 1 aliphatic rings. The molecule has 1 rings (SSSR count). The zero-order valence-electron chi connectivity index (χ0n) is 13.2. The summed E-state index contributed by atoms with van der Waals surface area (Å²) < 4.78 is 5.67. The summed E-state index contributed by atoms with van der Waals surface area (Å²) in [7, 11) is 0. The zero-order valence-corrected chi connectivity index (χ0v) is 13.2. The summed E-state index contributed by atoms with van der Waals surface area (Å²) in [5, 5.41) is 0. The summed E-state index contributed by atoms with van der Waals surface area (Å²) in [5.74, 6) is 0.0209. The molecule has 1 atom stereocenters. The van der Waals surface area contributed by atoms with Crippen LogP contribution in [0.4, 0.5) is 0 Å². The number of esters is 1. The van der Waals surface area contributed by atoms with E-state index in [1.54, 1.807) is 0 Å². The molecule has 0 bridgehead atoms. The van der Waals surface area contributed by atoms with Crippen molar-refractivity contribution in [1.82, 2.24) is 0 Å². The molecule has 0 aromatic carbocycles. The number of hydrogen-bond acceptors (Lipinski definition) is 2. The monoisotopic (exact) mass is 280 g/mol. The zero-order chi connectivity index (χ0) is 14.5. The van der Waals surface area contributed by atoms with Gasteiger partial charge in [-0.2, -0.15) is 0 Å². The first kappa shape index (κ1) is 17.3. The smallest absolute Gasteiger partial charge is 0.306 e. The van der Waals surface area contributed by atoms with Gasteiger partial charge in [-0.15, -0.1) is 0 Å². The van der Waals surface area contributed by atoms with E-state index < -0.39 is 0 Å². The van der Waals surface area contributed by atoms with E-state index in [0.717, 1.165) is 25.7 Å². The molecule has 1 aliphatic heterocycles. The van der Waals surface area contributed by atoms with Gasteiger partial charge in [0.2, 0.25) is 0 Å². The van der Waals surface area contributed by atoms with Crippen LogP contribution in [0.2, 0.25) is 0 Å². The lowest BCUT2D eigenvalue weighted by atomic mass is 10.0. The molecule has 2 nitrogen and oxygen atoms in total. The third-order valence-corrected chi connectivity index (χ3v) is 4.00. The van der Waals surface area contributed by atoms with Gasteiger partial charge in [-0.25, -0.2) is 0 Å². The molecule has 116 valence electrons. The fourth-order valence-corrected chi connectivity index (χ4v) is 2.71. The topological polar surface area (TPSA) is 26.3 Å². The fraction of sp³-hybridized carbons (Fsp3) is 0.833. The first-order valence-corrected chi connectivity index (χ1v) is 8.67. The molecular weight excluding hydrogens is 248 g/mol. The summed E-state index contributed by atoms with van der Waals surface area (Å²) in [6.07, 6.45) is 19.2. The molecular formula is C18H32O2. The Morgan fingerprint density at radius 2 is 1.80 bits per heavy atom. The summed E-state index contributed by atoms with van der Waals surface area (Å²) in [6.45, 7) is 2.21. The molecule has 0 N–H and O–H groups in total. The van der Waals surface area contributed by atoms with Gasteiger partial charge in [0.15, 0.2) is 0 Å². The minimum atomic E-state index is 0.0209. The van der Waals surface area contributed by atoms with Gasteiger partial charge in [0.25, 0.3) is 0 Å². The Labute approximate surface area is 125 Å². The minimum absolute atomic E-state index is 0.0209. The molecule has 0 fully saturated rings. The van der Waals surface area contributed by atoms with E-state index in [-0.39, 0.29) is 12.1 Å². The van der Waals surface area contributed by atoms with Crippen molar-refractivity contribution in [1.29, 1.82) is 0 Å². The second-order valence-corrected chi connectivity index (χ2v) is 5.96. The molecule has 0 radical (unpaired) electrons. The summed E-state index contributed by atoms with van der Waals surface area (Å²) in [4.78, 5) is 11.9. The van der Waals surface area contributed by atoms with Crippen molar-refractivity contribution in [2.75, 3.05) is 0 Å². The SMILES string of the molecule is CCCCC[C@H]1CCC=CCCCCCCCC(=O)O1. The maximum atomic E-state index is 11.9. The van der Waals surface area contributed by atoms with Gasteiger partial charge in [-0.3, -0.25) is 4.79 Å². The van der Waals surface area contributed by atoms with Crippen LogP contribution in [0.15, 0.2) is 12.2 Å². The molecule has 0 aromatic heterocycles. The number of allylic oxidation sites excluding steroid dienone is 2. The van der Waals surface area contributed by atoms with Crippen molar-refractivity contribution >= 4 is 5.97 Å². The summed E-state index contributed by atoms with van der Waals surface area (Å²) in [6, 6.07) is 0. The van der Waals surface area contributed by atoms with Gasteiger partial charge in [-0.05, 0) is 44.9 Å². The Balaban J connectivity index is 2.40. The summed E-state index contributed by atoms with van der Waals surface area (Å²) in [5.41, 5.74) is 0. The van der Waals surface area contributed by atoms with Gasteiger partial charge in [0.05, 0.1) is 0 Å². The molecule has 0 spiro atoms. The molecule has 0 saturated heterocycles.